The van der Waals surface area contributed by atoms with Crippen molar-refractivity contribution in [3.63, 3.8) is 0 Å². The fourth-order valence-corrected chi connectivity index (χ4v) is 1.32. The molecule has 1 amide bonds. The van der Waals surface area contributed by atoms with Crippen molar-refractivity contribution in [2.75, 3.05) is 18.4 Å². The van der Waals surface area contributed by atoms with Crippen LogP contribution in [-0.2, 0) is 0 Å². The van der Waals surface area contributed by atoms with Crippen LogP contribution in [0.4, 0.5) is 5.69 Å². The van der Waals surface area contributed by atoms with E-state index in [1.165, 1.54) is 0 Å². The van der Waals surface area contributed by atoms with E-state index in [2.05, 4.69) is 5.32 Å². The molecule has 0 aliphatic carbocycles. The van der Waals surface area contributed by atoms with E-state index in [0.29, 0.717) is 22.8 Å². The van der Waals surface area contributed by atoms with Gasteiger partial charge in [-0.15, -0.1) is 0 Å². The van der Waals surface area contributed by atoms with E-state index in [1.54, 1.807) is 18.2 Å². The topological polar surface area (TPSA) is 81.1 Å². The zero-order valence-electron chi connectivity index (χ0n) is 8.29. The second kappa shape index (κ2) is 5.58. The number of nitrogens with two attached hydrogens (primary N) is 2. The lowest BCUT2D eigenvalue weighted by atomic mass is 10.2. The van der Waals surface area contributed by atoms with Gasteiger partial charge in [-0.1, -0.05) is 11.6 Å². The van der Waals surface area contributed by atoms with Crippen molar-refractivity contribution in [2.24, 2.45) is 11.5 Å². The molecule has 1 aromatic carbocycles. The van der Waals surface area contributed by atoms with Crippen LogP contribution < -0.4 is 16.8 Å². The van der Waals surface area contributed by atoms with Crippen molar-refractivity contribution in [3.05, 3.63) is 28.8 Å². The van der Waals surface area contributed by atoms with Crippen LogP contribution in [0.2, 0.25) is 5.02 Å². The fraction of sp³-hybridized carbons (Fsp3) is 0.300. The van der Waals surface area contributed by atoms with Gasteiger partial charge in [-0.2, -0.15) is 0 Å². The third-order valence-corrected chi connectivity index (χ3v) is 2.28. The van der Waals surface area contributed by atoms with Gasteiger partial charge in [0, 0.05) is 12.1 Å². The molecule has 0 saturated heterocycles. The summed E-state index contributed by atoms with van der Waals surface area (Å²) < 4.78 is 0. The minimum atomic E-state index is -0.464. The largest absolute Gasteiger partial charge is 0.384 e. The number of carbonyl (C=O) groups is 1. The zero-order valence-corrected chi connectivity index (χ0v) is 9.05. The number of rotatable bonds is 5. The third-order valence-electron chi connectivity index (χ3n) is 1.95. The van der Waals surface area contributed by atoms with Crippen LogP contribution in [0.3, 0.4) is 0 Å². The summed E-state index contributed by atoms with van der Waals surface area (Å²) in [6, 6.07) is 4.88. The minimum Gasteiger partial charge on any atom is -0.384 e. The van der Waals surface area contributed by atoms with Gasteiger partial charge in [0.1, 0.15) is 0 Å². The number of nitrogens with one attached hydrogen (secondary N) is 1. The van der Waals surface area contributed by atoms with Gasteiger partial charge in [-0.3, -0.25) is 4.79 Å². The van der Waals surface area contributed by atoms with E-state index in [1.807, 2.05) is 0 Å². The molecule has 0 heterocycles. The minimum absolute atomic E-state index is 0.439. The number of anilines is 1. The number of carbonyl (C=O) groups excluding carboxylic acids is 1. The molecule has 5 N–H and O–H groups in total. The first kappa shape index (κ1) is 11.8. The lowest BCUT2D eigenvalue weighted by molar-refractivity contribution is 0.100. The van der Waals surface area contributed by atoms with E-state index in [-0.39, 0.29) is 0 Å². The molecule has 82 valence electrons. The molecule has 0 saturated carbocycles. The van der Waals surface area contributed by atoms with Crippen molar-refractivity contribution in [1.29, 1.82) is 0 Å². The highest BCUT2D eigenvalue weighted by Gasteiger charge is 2.04. The summed E-state index contributed by atoms with van der Waals surface area (Å²) in [5, 5.41) is 3.66. The Morgan fingerprint density at radius 1 is 1.47 bits per heavy atom. The van der Waals surface area contributed by atoms with Crippen molar-refractivity contribution >= 4 is 23.2 Å². The molecule has 4 nitrogen and oxygen atoms in total. The van der Waals surface area contributed by atoms with E-state index in [0.717, 1.165) is 13.0 Å². The Kier molecular flexibility index (Phi) is 4.39. The Morgan fingerprint density at radius 2 is 2.20 bits per heavy atom. The quantitative estimate of drug-likeness (QED) is 0.662. The van der Waals surface area contributed by atoms with Crippen LogP contribution in [0.15, 0.2) is 18.2 Å². The van der Waals surface area contributed by atoms with Gasteiger partial charge in [0.05, 0.1) is 10.7 Å². The summed E-state index contributed by atoms with van der Waals surface area (Å²) in [7, 11) is 0. The highest BCUT2D eigenvalue weighted by atomic mass is 35.5. The second-order valence-corrected chi connectivity index (χ2v) is 3.54. The zero-order chi connectivity index (χ0) is 11.3. The molecule has 0 aliphatic heterocycles. The van der Waals surface area contributed by atoms with Gasteiger partial charge in [-0.05, 0) is 31.2 Å². The molecular weight excluding hydrogens is 214 g/mol. The molecule has 0 aliphatic rings. The van der Waals surface area contributed by atoms with E-state index < -0.39 is 5.91 Å². The number of primary amides is 1. The van der Waals surface area contributed by atoms with Crippen LogP contribution in [0.1, 0.15) is 16.8 Å². The average Bonchev–Trinajstić information content (AvgIpc) is 2.20. The summed E-state index contributed by atoms with van der Waals surface area (Å²) >= 11 is 5.93. The number of hydrogen-bond acceptors (Lipinski definition) is 3. The Balaban J connectivity index is 2.76. The van der Waals surface area contributed by atoms with E-state index in [4.69, 9.17) is 23.1 Å². The van der Waals surface area contributed by atoms with Gasteiger partial charge < -0.3 is 16.8 Å². The van der Waals surface area contributed by atoms with Crippen LogP contribution in [0.5, 0.6) is 0 Å². The molecule has 1 aromatic rings. The molecule has 0 atom stereocenters. The average molecular weight is 228 g/mol. The molecule has 0 radical (unpaired) electrons. The predicted octanol–water partition coefficient (Wildman–Crippen LogP) is 1.20. The molecule has 0 unspecified atom stereocenters. The number of benzene rings is 1. The Labute approximate surface area is 93.6 Å². The molecule has 0 fully saturated rings. The third kappa shape index (κ3) is 3.42. The summed E-state index contributed by atoms with van der Waals surface area (Å²) in [5.41, 5.74) is 11.7. The first-order chi connectivity index (χ1) is 7.15. The van der Waals surface area contributed by atoms with Gasteiger partial charge in [0.25, 0.3) is 0 Å². The van der Waals surface area contributed by atoms with Crippen LogP contribution in [0.25, 0.3) is 0 Å². The normalized spacial score (nSPS) is 10.0. The molecule has 5 heteroatoms. The maximum atomic E-state index is 10.9. The molecule has 0 bridgehead atoms. The van der Waals surface area contributed by atoms with E-state index in [9.17, 15) is 4.79 Å². The van der Waals surface area contributed by atoms with Gasteiger partial charge in [-0.25, -0.2) is 0 Å². The number of hydrogen-bond donors (Lipinski definition) is 3. The standard InChI is InChI=1S/C10H14ClN3O/c11-8-3-2-7(10(13)15)6-9(8)14-5-1-4-12/h2-3,6,14H,1,4-5,12H2,(H2,13,15). The van der Waals surface area contributed by atoms with Gasteiger partial charge >= 0.3 is 0 Å². The van der Waals surface area contributed by atoms with Crippen molar-refractivity contribution in [3.8, 4) is 0 Å². The van der Waals surface area contributed by atoms with Crippen molar-refractivity contribution in [2.45, 2.75) is 6.42 Å². The molecule has 1 rings (SSSR count). The first-order valence-corrected chi connectivity index (χ1v) is 5.06. The van der Waals surface area contributed by atoms with Crippen LogP contribution in [-0.4, -0.2) is 19.0 Å². The SMILES string of the molecule is NCCCNc1cc(C(N)=O)ccc1Cl. The van der Waals surface area contributed by atoms with Gasteiger partial charge in [0.15, 0.2) is 0 Å². The van der Waals surface area contributed by atoms with Crippen molar-refractivity contribution in [1.82, 2.24) is 0 Å². The summed E-state index contributed by atoms with van der Waals surface area (Å²) in [4.78, 5) is 10.9. The first-order valence-electron chi connectivity index (χ1n) is 4.68. The Bertz CT molecular complexity index is 355. The molecule has 0 aromatic heterocycles. The van der Waals surface area contributed by atoms with E-state index >= 15 is 0 Å². The Hall–Kier alpha value is -1.26. The van der Waals surface area contributed by atoms with Crippen LogP contribution >= 0.6 is 11.6 Å². The summed E-state index contributed by atoms with van der Waals surface area (Å²) in [6.07, 6.45) is 0.844. The lowest BCUT2D eigenvalue weighted by Gasteiger charge is -2.08. The van der Waals surface area contributed by atoms with Crippen molar-refractivity contribution < 1.29 is 4.79 Å². The summed E-state index contributed by atoms with van der Waals surface area (Å²) in [5.74, 6) is -0.464. The smallest absolute Gasteiger partial charge is 0.248 e. The molecule has 15 heavy (non-hydrogen) atoms. The predicted molar refractivity (Wildman–Crippen MR) is 62.1 cm³/mol. The lowest BCUT2D eigenvalue weighted by Crippen LogP contribution is -2.12. The maximum absolute atomic E-state index is 10.9. The molecule has 0 spiro atoms. The van der Waals surface area contributed by atoms with Crippen LogP contribution in [0, 0.1) is 0 Å². The van der Waals surface area contributed by atoms with Gasteiger partial charge in [0.2, 0.25) is 5.91 Å². The molecular formula is C10H14ClN3O. The summed E-state index contributed by atoms with van der Waals surface area (Å²) in [6.45, 7) is 1.33. The second-order valence-electron chi connectivity index (χ2n) is 3.13. The maximum Gasteiger partial charge on any atom is 0.248 e. The monoisotopic (exact) mass is 227 g/mol. The number of amides is 1. The highest BCUT2D eigenvalue weighted by molar-refractivity contribution is 6.33. The number of halogens is 1. The Morgan fingerprint density at radius 3 is 2.80 bits per heavy atom. The highest BCUT2D eigenvalue weighted by Crippen LogP contribution is 2.22. The fourth-order valence-electron chi connectivity index (χ4n) is 1.14.